The fourth-order valence-corrected chi connectivity index (χ4v) is 4.56. The summed E-state index contributed by atoms with van der Waals surface area (Å²) in [6, 6.07) is 16.7. The number of allylic oxidation sites excluding steroid dienone is 1. The predicted molar refractivity (Wildman–Crippen MR) is 128 cm³/mol. The first-order valence-corrected chi connectivity index (χ1v) is 11.3. The first-order valence-electron chi connectivity index (χ1n) is 10.6. The van der Waals surface area contributed by atoms with Crippen molar-refractivity contribution >= 4 is 35.1 Å². The fourth-order valence-electron chi connectivity index (χ4n) is 4.10. The van der Waals surface area contributed by atoms with Crippen LogP contribution in [0.3, 0.4) is 0 Å². The molecule has 2 aliphatic heterocycles. The van der Waals surface area contributed by atoms with Crippen molar-refractivity contribution in [2.45, 2.75) is 13.0 Å². The number of Topliss-reactive ketones (excluding diaryl/α,β-unsaturated/α-hetero) is 1. The summed E-state index contributed by atoms with van der Waals surface area (Å²) in [5, 5.41) is 0.985. The number of hydrogen-bond acceptors (Lipinski definition) is 5. The van der Waals surface area contributed by atoms with Crippen molar-refractivity contribution in [1.82, 2.24) is 4.90 Å². The molecule has 0 amide bonds. The minimum absolute atomic E-state index is 0.176. The van der Waals surface area contributed by atoms with Gasteiger partial charge in [-0.25, -0.2) is 0 Å². The van der Waals surface area contributed by atoms with Gasteiger partial charge in [0.2, 0.25) is 5.78 Å². The number of rotatable bonds is 5. The standard InChI is InChI=1S/C26H21Cl2NO4/c1-31-22-5-3-2-4-16(22)10-11-29-14-20-23(32-15-29)9-8-19-25(30)24(33-26(19)20)12-17-6-7-18(27)13-21(17)28/h2-9,12-13H,10-11,14-15H2,1H3/b24-12-. The molecule has 5 nitrogen and oxygen atoms in total. The zero-order valence-electron chi connectivity index (χ0n) is 17.9. The van der Waals surface area contributed by atoms with Crippen molar-refractivity contribution in [3.63, 3.8) is 0 Å². The minimum atomic E-state index is -0.176. The number of ether oxygens (including phenoxy) is 3. The van der Waals surface area contributed by atoms with E-state index in [1.165, 1.54) is 0 Å². The first-order chi connectivity index (χ1) is 16.0. The van der Waals surface area contributed by atoms with Crippen LogP contribution in [0.15, 0.2) is 60.4 Å². The number of carbonyl (C=O) groups excluding carboxylic acids is 1. The van der Waals surface area contributed by atoms with Gasteiger partial charge in [-0.3, -0.25) is 9.69 Å². The lowest BCUT2D eigenvalue weighted by molar-refractivity contribution is 0.0948. The van der Waals surface area contributed by atoms with E-state index >= 15 is 0 Å². The molecular formula is C26H21Cl2NO4. The zero-order valence-corrected chi connectivity index (χ0v) is 19.4. The number of halogens is 2. The average molecular weight is 482 g/mol. The van der Waals surface area contributed by atoms with E-state index in [2.05, 4.69) is 11.0 Å². The number of ketones is 1. The number of nitrogens with zero attached hydrogens (tertiary/aromatic N) is 1. The summed E-state index contributed by atoms with van der Waals surface area (Å²) in [6.07, 6.45) is 2.47. The third-order valence-electron chi connectivity index (χ3n) is 5.82. The summed E-state index contributed by atoms with van der Waals surface area (Å²) in [6.45, 7) is 1.87. The molecule has 0 aromatic heterocycles. The second-order valence-corrected chi connectivity index (χ2v) is 8.76. The summed E-state index contributed by atoms with van der Waals surface area (Å²) < 4.78 is 17.5. The van der Waals surface area contributed by atoms with Gasteiger partial charge in [-0.05, 0) is 54.0 Å². The molecule has 5 rings (SSSR count). The average Bonchev–Trinajstić information content (AvgIpc) is 3.15. The number of fused-ring (bicyclic) bond motifs is 3. The molecule has 2 heterocycles. The molecule has 0 N–H and O–H groups in total. The van der Waals surface area contributed by atoms with Crippen LogP contribution < -0.4 is 14.2 Å². The molecule has 33 heavy (non-hydrogen) atoms. The van der Waals surface area contributed by atoms with E-state index < -0.39 is 0 Å². The summed E-state index contributed by atoms with van der Waals surface area (Å²) in [5.41, 5.74) is 3.21. The van der Waals surface area contributed by atoms with E-state index in [1.54, 1.807) is 37.5 Å². The van der Waals surface area contributed by atoms with Gasteiger partial charge in [0.25, 0.3) is 0 Å². The van der Waals surface area contributed by atoms with Crippen molar-refractivity contribution in [2.24, 2.45) is 0 Å². The van der Waals surface area contributed by atoms with E-state index in [0.29, 0.717) is 40.2 Å². The highest BCUT2D eigenvalue weighted by molar-refractivity contribution is 6.35. The molecule has 168 valence electrons. The summed E-state index contributed by atoms with van der Waals surface area (Å²) in [7, 11) is 1.68. The van der Waals surface area contributed by atoms with Gasteiger partial charge in [0.1, 0.15) is 24.0 Å². The fraction of sp³-hybridized carbons (Fsp3) is 0.192. The monoisotopic (exact) mass is 481 g/mol. The van der Waals surface area contributed by atoms with Gasteiger partial charge in [-0.15, -0.1) is 0 Å². The largest absolute Gasteiger partial charge is 0.496 e. The number of methoxy groups -OCH3 is 1. The topological polar surface area (TPSA) is 48.0 Å². The Morgan fingerprint density at radius 1 is 1.12 bits per heavy atom. The van der Waals surface area contributed by atoms with Gasteiger partial charge in [0.05, 0.1) is 18.2 Å². The van der Waals surface area contributed by atoms with Gasteiger partial charge in [-0.2, -0.15) is 0 Å². The molecule has 3 aromatic carbocycles. The Morgan fingerprint density at radius 2 is 1.97 bits per heavy atom. The van der Waals surface area contributed by atoms with Crippen LogP contribution in [0.5, 0.6) is 17.2 Å². The molecule has 0 fully saturated rings. The molecule has 0 saturated carbocycles. The van der Waals surface area contributed by atoms with E-state index in [-0.39, 0.29) is 11.5 Å². The van der Waals surface area contributed by atoms with E-state index in [0.717, 1.165) is 35.6 Å². The molecule has 2 aliphatic rings. The van der Waals surface area contributed by atoms with Gasteiger partial charge in [-0.1, -0.05) is 47.5 Å². The lowest BCUT2D eigenvalue weighted by atomic mass is 10.0. The van der Waals surface area contributed by atoms with Crippen LogP contribution in [0.25, 0.3) is 6.08 Å². The van der Waals surface area contributed by atoms with E-state index in [9.17, 15) is 4.79 Å². The molecule has 0 radical (unpaired) electrons. The molecule has 0 bridgehead atoms. The molecule has 0 atom stereocenters. The highest BCUT2D eigenvalue weighted by Crippen LogP contribution is 2.42. The molecular weight excluding hydrogens is 461 g/mol. The van der Waals surface area contributed by atoms with Gasteiger partial charge < -0.3 is 14.2 Å². The highest BCUT2D eigenvalue weighted by Gasteiger charge is 2.33. The van der Waals surface area contributed by atoms with Crippen LogP contribution in [0.1, 0.15) is 27.0 Å². The molecule has 3 aromatic rings. The Labute approximate surface area is 202 Å². The Hall–Kier alpha value is -2.99. The van der Waals surface area contributed by atoms with E-state index in [4.69, 9.17) is 37.4 Å². The molecule has 7 heteroatoms. The number of para-hydroxylation sites is 1. The summed E-state index contributed by atoms with van der Waals surface area (Å²) in [5.74, 6) is 2.22. The minimum Gasteiger partial charge on any atom is -0.496 e. The van der Waals surface area contributed by atoms with Crippen molar-refractivity contribution in [3.05, 3.63) is 92.7 Å². The number of hydrogen-bond donors (Lipinski definition) is 0. The molecule has 0 saturated heterocycles. The normalized spacial score (nSPS) is 16.2. The quantitative estimate of drug-likeness (QED) is 0.417. The summed E-state index contributed by atoms with van der Waals surface area (Å²) >= 11 is 12.3. The lowest BCUT2D eigenvalue weighted by Crippen LogP contribution is -2.33. The van der Waals surface area contributed by atoms with Crippen LogP contribution in [0, 0.1) is 0 Å². The van der Waals surface area contributed by atoms with Crippen LogP contribution in [0.4, 0.5) is 0 Å². The van der Waals surface area contributed by atoms with Crippen LogP contribution in [-0.2, 0) is 13.0 Å². The molecule has 0 aliphatic carbocycles. The maximum absolute atomic E-state index is 13.0. The third-order valence-corrected chi connectivity index (χ3v) is 6.38. The second kappa shape index (κ2) is 9.10. The first kappa shape index (κ1) is 21.8. The highest BCUT2D eigenvalue weighted by atomic mass is 35.5. The van der Waals surface area contributed by atoms with Gasteiger partial charge in [0, 0.05) is 23.1 Å². The van der Waals surface area contributed by atoms with E-state index in [1.807, 2.05) is 24.3 Å². The third kappa shape index (κ3) is 4.32. The maximum Gasteiger partial charge on any atom is 0.231 e. The molecule has 0 spiro atoms. The summed E-state index contributed by atoms with van der Waals surface area (Å²) in [4.78, 5) is 15.2. The van der Waals surface area contributed by atoms with Crippen LogP contribution in [0.2, 0.25) is 10.0 Å². The predicted octanol–water partition coefficient (Wildman–Crippen LogP) is 6.01. The Kier molecular flexibility index (Phi) is 6.02. The Balaban J connectivity index is 1.37. The van der Waals surface area contributed by atoms with Gasteiger partial charge in [0.15, 0.2) is 5.76 Å². The van der Waals surface area contributed by atoms with Crippen LogP contribution >= 0.6 is 23.2 Å². The Bertz CT molecular complexity index is 1270. The maximum atomic E-state index is 13.0. The van der Waals surface area contributed by atoms with Crippen molar-refractivity contribution in [2.75, 3.05) is 20.4 Å². The lowest BCUT2D eigenvalue weighted by Gasteiger charge is -2.29. The Morgan fingerprint density at radius 3 is 2.79 bits per heavy atom. The van der Waals surface area contributed by atoms with Crippen LogP contribution in [-0.4, -0.2) is 31.1 Å². The van der Waals surface area contributed by atoms with Crippen molar-refractivity contribution in [3.8, 4) is 17.2 Å². The second-order valence-electron chi connectivity index (χ2n) is 7.91. The van der Waals surface area contributed by atoms with Crippen molar-refractivity contribution < 1.29 is 19.0 Å². The number of benzene rings is 3. The number of carbonyl (C=O) groups is 1. The molecule has 0 unspecified atom stereocenters. The van der Waals surface area contributed by atoms with Gasteiger partial charge >= 0.3 is 0 Å². The smallest absolute Gasteiger partial charge is 0.231 e. The zero-order chi connectivity index (χ0) is 22.9. The SMILES string of the molecule is COc1ccccc1CCN1COc2ccc3c(c2C1)O/C(=C\c1ccc(Cl)cc1Cl)C3=O. The van der Waals surface area contributed by atoms with Crippen molar-refractivity contribution in [1.29, 1.82) is 0 Å².